The van der Waals surface area contributed by atoms with Crippen LogP contribution in [0, 0.1) is 5.92 Å². The van der Waals surface area contributed by atoms with E-state index in [0.29, 0.717) is 32.7 Å². The van der Waals surface area contributed by atoms with E-state index in [4.69, 9.17) is 4.74 Å². The summed E-state index contributed by atoms with van der Waals surface area (Å²) in [7, 11) is 1.64. The summed E-state index contributed by atoms with van der Waals surface area (Å²) >= 11 is 3.43. The standard InChI is InChI=1S/C16H21BrN2O3/c1-22-7-3-6-18-16(21)13-9-15(20)19(11-13)10-12-4-2-5-14(17)8-12/h2,4-5,8,13H,3,6-7,9-11H2,1H3,(H,18,21)/t13-/m0/s1. The van der Waals surface area contributed by atoms with Crippen molar-refractivity contribution in [1.82, 2.24) is 10.2 Å². The highest BCUT2D eigenvalue weighted by atomic mass is 79.9. The van der Waals surface area contributed by atoms with Crippen LogP contribution >= 0.6 is 15.9 Å². The molecule has 1 aliphatic heterocycles. The number of nitrogens with zero attached hydrogens (tertiary/aromatic N) is 1. The normalized spacial score (nSPS) is 17.8. The molecule has 1 atom stereocenters. The van der Waals surface area contributed by atoms with Crippen molar-refractivity contribution < 1.29 is 14.3 Å². The Kier molecular flexibility index (Phi) is 6.39. The van der Waals surface area contributed by atoms with Gasteiger partial charge in [0.15, 0.2) is 0 Å². The van der Waals surface area contributed by atoms with Crippen LogP contribution in [-0.4, -0.2) is 43.5 Å². The quantitative estimate of drug-likeness (QED) is 0.748. The van der Waals surface area contributed by atoms with Gasteiger partial charge < -0.3 is 15.0 Å². The number of hydrogen-bond acceptors (Lipinski definition) is 3. The highest BCUT2D eigenvalue weighted by Crippen LogP contribution is 2.21. The lowest BCUT2D eigenvalue weighted by atomic mass is 10.1. The van der Waals surface area contributed by atoms with Gasteiger partial charge in [-0.05, 0) is 24.1 Å². The minimum Gasteiger partial charge on any atom is -0.385 e. The van der Waals surface area contributed by atoms with Gasteiger partial charge in [-0.25, -0.2) is 0 Å². The Morgan fingerprint density at radius 2 is 2.32 bits per heavy atom. The lowest BCUT2D eigenvalue weighted by molar-refractivity contribution is -0.129. The van der Waals surface area contributed by atoms with Gasteiger partial charge in [0, 0.05) is 44.2 Å². The number of carbonyl (C=O) groups is 2. The fourth-order valence-electron chi connectivity index (χ4n) is 2.53. The van der Waals surface area contributed by atoms with Crippen LogP contribution in [0.2, 0.25) is 0 Å². The van der Waals surface area contributed by atoms with Gasteiger partial charge in [0.25, 0.3) is 0 Å². The minimum atomic E-state index is -0.248. The number of carbonyl (C=O) groups excluding carboxylic acids is 2. The van der Waals surface area contributed by atoms with Gasteiger partial charge in [-0.2, -0.15) is 0 Å². The Morgan fingerprint density at radius 3 is 3.05 bits per heavy atom. The minimum absolute atomic E-state index is 0.0389. The molecule has 2 amide bonds. The number of likely N-dealkylation sites (tertiary alicyclic amines) is 1. The van der Waals surface area contributed by atoms with Gasteiger partial charge in [-0.3, -0.25) is 9.59 Å². The van der Waals surface area contributed by atoms with Gasteiger partial charge in [0.1, 0.15) is 0 Å². The van der Waals surface area contributed by atoms with Crippen LogP contribution in [0.1, 0.15) is 18.4 Å². The molecule has 1 fully saturated rings. The number of hydrogen-bond donors (Lipinski definition) is 1. The maximum atomic E-state index is 12.1. The van der Waals surface area contributed by atoms with Crippen molar-refractivity contribution in [3.05, 3.63) is 34.3 Å². The number of halogens is 1. The van der Waals surface area contributed by atoms with Crippen molar-refractivity contribution in [3.8, 4) is 0 Å². The predicted octanol–water partition coefficient (Wildman–Crippen LogP) is 1.95. The van der Waals surface area contributed by atoms with Crippen LogP contribution in [0.4, 0.5) is 0 Å². The lowest BCUT2D eigenvalue weighted by Crippen LogP contribution is -2.33. The zero-order valence-corrected chi connectivity index (χ0v) is 14.3. The zero-order valence-electron chi connectivity index (χ0n) is 12.7. The van der Waals surface area contributed by atoms with Crippen molar-refractivity contribution in [2.45, 2.75) is 19.4 Å². The number of methoxy groups -OCH3 is 1. The molecule has 1 N–H and O–H groups in total. The van der Waals surface area contributed by atoms with Crippen molar-refractivity contribution in [1.29, 1.82) is 0 Å². The molecule has 22 heavy (non-hydrogen) atoms. The third-order valence-electron chi connectivity index (χ3n) is 3.67. The summed E-state index contributed by atoms with van der Waals surface area (Å²) in [5.74, 6) is -0.250. The smallest absolute Gasteiger partial charge is 0.225 e. The van der Waals surface area contributed by atoms with Gasteiger partial charge in [0.2, 0.25) is 11.8 Å². The summed E-state index contributed by atoms with van der Waals surface area (Å²) in [5, 5.41) is 2.87. The molecule has 5 nitrogen and oxygen atoms in total. The van der Waals surface area contributed by atoms with Crippen molar-refractivity contribution in [2.24, 2.45) is 5.92 Å². The highest BCUT2D eigenvalue weighted by Gasteiger charge is 2.33. The van der Waals surface area contributed by atoms with Gasteiger partial charge in [-0.15, -0.1) is 0 Å². The molecule has 0 aliphatic carbocycles. The van der Waals surface area contributed by atoms with E-state index < -0.39 is 0 Å². The third-order valence-corrected chi connectivity index (χ3v) is 4.17. The van der Waals surface area contributed by atoms with E-state index in [2.05, 4.69) is 21.2 Å². The molecule has 0 unspecified atom stereocenters. The third kappa shape index (κ3) is 4.81. The number of ether oxygens (including phenoxy) is 1. The van der Waals surface area contributed by atoms with Crippen molar-refractivity contribution >= 4 is 27.7 Å². The van der Waals surface area contributed by atoms with Crippen LogP contribution < -0.4 is 5.32 Å². The summed E-state index contributed by atoms with van der Waals surface area (Å²) in [6.45, 7) is 2.25. The first-order valence-corrected chi connectivity index (χ1v) is 8.18. The molecular weight excluding hydrogens is 348 g/mol. The number of amides is 2. The largest absolute Gasteiger partial charge is 0.385 e. The van der Waals surface area contributed by atoms with Crippen LogP contribution in [0.5, 0.6) is 0 Å². The summed E-state index contributed by atoms with van der Waals surface area (Å²) in [6.07, 6.45) is 1.08. The van der Waals surface area contributed by atoms with Crippen LogP contribution in [0.3, 0.4) is 0 Å². The Labute approximate surface area is 139 Å². The molecule has 0 bridgehead atoms. The van der Waals surface area contributed by atoms with E-state index in [0.717, 1.165) is 16.5 Å². The fourth-order valence-corrected chi connectivity index (χ4v) is 2.98. The maximum Gasteiger partial charge on any atom is 0.225 e. The average molecular weight is 369 g/mol. The molecule has 1 saturated heterocycles. The second-order valence-electron chi connectivity index (χ2n) is 5.44. The summed E-state index contributed by atoms with van der Waals surface area (Å²) in [6, 6.07) is 7.87. The van der Waals surface area contributed by atoms with Crippen LogP contribution in [-0.2, 0) is 20.9 Å². The number of rotatable bonds is 7. The molecule has 1 aliphatic rings. The van der Waals surface area contributed by atoms with Crippen molar-refractivity contribution in [3.63, 3.8) is 0 Å². The monoisotopic (exact) mass is 368 g/mol. The Morgan fingerprint density at radius 1 is 1.50 bits per heavy atom. The van der Waals surface area contributed by atoms with E-state index in [-0.39, 0.29) is 17.7 Å². The molecule has 0 spiro atoms. The second-order valence-corrected chi connectivity index (χ2v) is 6.36. The molecular formula is C16H21BrN2O3. The number of nitrogens with one attached hydrogen (secondary N) is 1. The molecule has 1 aromatic carbocycles. The molecule has 6 heteroatoms. The van der Waals surface area contributed by atoms with E-state index in [1.807, 2.05) is 24.3 Å². The molecule has 2 rings (SSSR count). The molecule has 0 aromatic heterocycles. The van der Waals surface area contributed by atoms with Gasteiger partial charge in [-0.1, -0.05) is 28.1 Å². The van der Waals surface area contributed by atoms with Gasteiger partial charge >= 0.3 is 0 Å². The summed E-state index contributed by atoms with van der Waals surface area (Å²) in [4.78, 5) is 25.9. The summed E-state index contributed by atoms with van der Waals surface area (Å²) < 4.78 is 5.93. The first-order valence-electron chi connectivity index (χ1n) is 7.39. The van der Waals surface area contributed by atoms with Gasteiger partial charge in [0.05, 0.1) is 5.92 Å². The fraction of sp³-hybridized carbons (Fsp3) is 0.500. The van der Waals surface area contributed by atoms with Crippen LogP contribution in [0.15, 0.2) is 28.7 Å². The van der Waals surface area contributed by atoms with Crippen molar-refractivity contribution in [2.75, 3.05) is 26.8 Å². The first kappa shape index (κ1) is 17.0. The zero-order chi connectivity index (χ0) is 15.9. The molecule has 0 radical (unpaired) electrons. The Balaban J connectivity index is 1.84. The Hall–Kier alpha value is -1.40. The molecule has 0 saturated carbocycles. The van der Waals surface area contributed by atoms with E-state index in [1.54, 1.807) is 12.0 Å². The SMILES string of the molecule is COCCCNC(=O)[C@H]1CC(=O)N(Cc2cccc(Br)c2)C1. The van der Waals surface area contributed by atoms with E-state index in [9.17, 15) is 9.59 Å². The first-order chi connectivity index (χ1) is 10.6. The molecule has 1 heterocycles. The summed E-state index contributed by atoms with van der Waals surface area (Å²) in [5.41, 5.74) is 1.06. The Bertz CT molecular complexity index is 536. The highest BCUT2D eigenvalue weighted by molar-refractivity contribution is 9.10. The predicted molar refractivity (Wildman–Crippen MR) is 87.2 cm³/mol. The molecule has 1 aromatic rings. The second kappa shape index (κ2) is 8.29. The van der Waals surface area contributed by atoms with E-state index >= 15 is 0 Å². The van der Waals surface area contributed by atoms with E-state index in [1.165, 1.54) is 0 Å². The maximum absolute atomic E-state index is 12.1. The van der Waals surface area contributed by atoms with Crippen LogP contribution in [0.25, 0.3) is 0 Å². The lowest BCUT2D eigenvalue weighted by Gasteiger charge is -2.17. The topological polar surface area (TPSA) is 58.6 Å². The molecule has 120 valence electrons. The number of benzene rings is 1. The average Bonchev–Trinajstić information content (AvgIpc) is 2.85.